The first-order valence-corrected chi connectivity index (χ1v) is 11.8. The topological polar surface area (TPSA) is 96.5 Å². The highest BCUT2D eigenvalue weighted by molar-refractivity contribution is 9.10. The molecule has 1 aliphatic heterocycles. The minimum atomic E-state index is -0.724. The molecule has 0 atom stereocenters. The maximum absolute atomic E-state index is 13.6. The monoisotopic (exact) mass is 546 g/mol. The van der Waals surface area contributed by atoms with Crippen molar-refractivity contribution in [3.63, 3.8) is 0 Å². The maximum Gasteiger partial charge on any atom is 0.417 e. The van der Waals surface area contributed by atoms with Crippen LogP contribution >= 0.6 is 27.5 Å². The van der Waals surface area contributed by atoms with Gasteiger partial charge in [0.15, 0.2) is 5.75 Å². The first kappa shape index (κ1) is 24.1. The van der Waals surface area contributed by atoms with Gasteiger partial charge in [-0.05, 0) is 54.9 Å². The standard InChI is InChI=1S/C24H24BrClN4O4/c1-24(2,3)34-23(32)30-11-9-16-18(22(30)31)20(19(28-16)13-8-10-27-12-14(13)25)29-17-7-5-6-15(26)21(17)33-4/h5-8,10,12,28-29H,9,11H2,1-4H3. The quantitative estimate of drug-likeness (QED) is 0.405. The number of rotatable bonds is 4. The van der Waals surface area contributed by atoms with E-state index in [1.54, 1.807) is 51.4 Å². The average Bonchev–Trinajstić information content (AvgIpc) is 3.12. The van der Waals surface area contributed by atoms with Crippen LogP contribution in [0.3, 0.4) is 0 Å². The Balaban J connectivity index is 1.85. The highest BCUT2D eigenvalue weighted by Gasteiger charge is 2.37. The Morgan fingerprint density at radius 3 is 2.74 bits per heavy atom. The van der Waals surface area contributed by atoms with Gasteiger partial charge in [-0.1, -0.05) is 17.7 Å². The van der Waals surface area contributed by atoms with Crippen molar-refractivity contribution in [1.82, 2.24) is 14.9 Å². The summed E-state index contributed by atoms with van der Waals surface area (Å²) >= 11 is 9.87. The van der Waals surface area contributed by atoms with Gasteiger partial charge >= 0.3 is 6.09 Å². The number of hydrogen-bond acceptors (Lipinski definition) is 6. The number of anilines is 2. The number of amides is 2. The Kier molecular flexibility index (Phi) is 6.60. The van der Waals surface area contributed by atoms with Crippen LogP contribution in [0.15, 0.2) is 41.1 Å². The zero-order valence-electron chi connectivity index (χ0n) is 19.2. The number of nitrogens with zero attached hydrogens (tertiary/aromatic N) is 2. The van der Waals surface area contributed by atoms with Crippen molar-refractivity contribution >= 4 is 50.9 Å². The molecule has 0 saturated carbocycles. The molecule has 3 aromatic rings. The minimum Gasteiger partial charge on any atom is -0.493 e. The lowest BCUT2D eigenvalue weighted by Gasteiger charge is -2.29. The SMILES string of the molecule is COc1c(Cl)cccc1Nc1c(-c2ccncc2Br)[nH]c2c1C(=O)N(C(=O)OC(C)(C)C)CC2. The number of hydrogen-bond donors (Lipinski definition) is 2. The number of nitrogens with one attached hydrogen (secondary N) is 2. The summed E-state index contributed by atoms with van der Waals surface area (Å²) in [5, 5.41) is 3.74. The van der Waals surface area contributed by atoms with E-state index in [0.717, 1.165) is 14.9 Å². The van der Waals surface area contributed by atoms with Crippen molar-refractivity contribution < 1.29 is 19.1 Å². The van der Waals surface area contributed by atoms with Crippen LogP contribution in [0.2, 0.25) is 5.02 Å². The summed E-state index contributed by atoms with van der Waals surface area (Å²) in [4.78, 5) is 35.0. The molecule has 4 rings (SSSR count). The van der Waals surface area contributed by atoms with Gasteiger partial charge < -0.3 is 19.8 Å². The third-order valence-electron chi connectivity index (χ3n) is 5.21. The Labute approximate surface area is 210 Å². The van der Waals surface area contributed by atoms with Crippen LogP contribution in [0.1, 0.15) is 36.8 Å². The van der Waals surface area contributed by atoms with E-state index >= 15 is 0 Å². The normalized spacial score (nSPS) is 13.5. The van der Waals surface area contributed by atoms with Crippen molar-refractivity contribution in [2.45, 2.75) is 32.8 Å². The van der Waals surface area contributed by atoms with E-state index in [0.29, 0.717) is 45.5 Å². The van der Waals surface area contributed by atoms with E-state index in [4.69, 9.17) is 21.1 Å². The predicted molar refractivity (Wildman–Crippen MR) is 134 cm³/mol. The number of halogens is 2. The molecule has 8 nitrogen and oxygen atoms in total. The molecule has 2 N–H and O–H groups in total. The van der Waals surface area contributed by atoms with E-state index in [9.17, 15) is 9.59 Å². The summed E-state index contributed by atoms with van der Waals surface area (Å²) in [6.07, 6.45) is 3.11. The second kappa shape index (κ2) is 9.31. The minimum absolute atomic E-state index is 0.206. The van der Waals surface area contributed by atoms with Crippen LogP contribution in [0.4, 0.5) is 16.2 Å². The lowest BCUT2D eigenvalue weighted by atomic mass is 10.0. The van der Waals surface area contributed by atoms with E-state index < -0.39 is 17.6 Å². The first-order valence-electron chi connectivity index (χ1n) is 10.6. The molecule has 178 valence electrons. The molecule has 1 aliphatic rings. The number of H-pyrrole nitrogens is 1. The number of pyridine rings is 1. The van der Waals surface area contributed by atoms with Gasteiger partial charge in [-0.15, -0.1) is 0 Å². The van der Waals surface area contributed by atoms with Gasteiger partial charge in [0, 0.05) is 41.1 Å². The van der Waals surface area contributed by atoms with Crippen LogP contribution < -0.4 is 10.1 Å². The highest BCUT2D eigenvalue weighted by Crippen LogP contribution is 2.43. The Morgan fingerprint density at radius 1 is 1.29 bits per heavy atom. The van der Waals surface area contributed by atoms with E-state index in [2.05, 4.69) is 31.2 Å². The van der Waals surface area contributed by atoms with Crippen molar-refractivity contribution in [2.24, 2.45) is 0 Å². The van der Waals surface area contributed by atoms with Crippen molar-refractivity contribution in [2.75, 3.05) is 19.0 Å². The molecular formula is C24H24BrClN4O4. The van der Waals surface area contributed by atoms with Crippen molar-refractivity contribution in [1.29, 1.82) is 0 Å². The molecule has 0 unspecified atom stereocenters. The molecule has 0 bridgehead atoms. The fourth-order valence-electron chi connectivity index (χ4n) is 3.78. The number of imide groups is 1. The van der Waals surface area contributed by atoms with Gasteiger partial charge in [-0.3, -0.25) is 9.78 Å². The summed E-state index contributed by atoms with van der Waals surface area (Å²) in [7, 11) is 1.52. The summed E-state index contributed by atoms with van der Waals surface area (Å²) in [5.41, 5.74) is 2.89. The number of aromatic nitrogens is 2. The number of aromatic amines is 1. The maximum atomic E-state index is 13.6. The number of carbonyl (C=O) groups excluding carboxylic acids is 2. The number of ether oxygens (including phenoxy) is 2. The summed E-state index contributed by atoms with van der Waals surface area (Å²) < 4.78 is 11.7. The summed E-state index contributed by atoms with van der Waals surface area (Å²) in [6, 6.07) is 7.13. The number of fused-ring (bicyclic) bond motifs is 1. The third kappa shape index (κ3) is 4.63. The zero-order valence-corrected chi connectivity index (χ0v) is 21.5. The molecule has 10 heteroatoms. The van der Waals surface area contributed by atoms with Crippen LogP contribution in [-0.2, 0) is 11.2 Å². The molecule has 2 aromatic heterocycles. The number of methoxy groups -OCH3 is 1. The number of carbonyl (C=O) groups is 2. The molecule has 1 aromatic carbocycles. The van der Waals surface area contributed by atoms with Crippen LogP contribution in [0.25, 0.3) is 11.3 Å². The Bertz CT molecular complexity index is 1270. The van der Waals surface area contributed by atoms with Crippen molar-refractivity contribution in [3.05, 3.63) is 57.4 Å². The van der Waals surface area contributed by atoms with Crippen LogP contribution in [-0.4, -0.2) is 46.1 Å². The smallest absolute Gasteiger partial charge is 0.417 e. The van der Waals surface area contributed by atoms with Gasteiger partial charge in [0.2, 0.25) is 0 Å². The molecule has 2 amide bonds. The third-order valence-corrected chi connectivity index (χ3v) is 6.14. The molecule has 0 saturated heterocycles. The molecular weight excluding hydrogens is 524 g/mol. The number of para-hydroxylation sites is 1. The van der Waals surface area contributed by atoms with Crippen LogP contribution in [0, 0.1) is 0 Å². The lowest BCUT2D eigenvalue weighted by molar-refractivity contribution is 0.0233. The molecule has 0 radical (unpaired) electrons. The van der Waals surface area contributed by atoms with Crippen LogP contribution in [0.5, 0.6) is 5.75 Å². The van der Waals surface area contributed by atoms with Gasteiger partial charge in [0.1, 0.15) is 5.60 Å². The average molecular weight is 548 g/mol. The van der Waals surface area contributed by atoms with Crippen molar-refractivity contribution in [3.8, 4) is 17.0 Å². The van der Waals surface area contributed by atoms with Gasteiger partial charge in [-0.25, -0.2) is 9.69 Å². The lowest BCUT2D eigenvalue weighted by Crippen LogP contribution is -2.44. The second-order valence-corrected chi connectivity index (χ2v) is 9.98. The predicted octanol–water partition coefficient (Wildman–Crippen LogP) is 6.18. The molecule has 0 spiro atoms. The van der Waals surface area contributed by atoms with Gasteiger partial charge in [0.25, 0.3) is 5.91 Å². The Hall–Kier alpha value is -3.04. The van der Waals surface area contributed by atoms with E-state index in [1.165, 1.54) is 7.11 Å². The molecule has 3 heterocycles. The Morgan fingerprint density at radius 2 is 2.06 bits per heavy atom. The summed E-state index contributed by atoms with van der Waals surface area (Å²) in [6.45, 7) is 5.49. The molecule has 0 fully saturated rings. The molecule has 34 heavy (non-hydrogen) atoms. The number of benzene rings is 1. The highest BCUT2D eigenvalue weighted by atomic mass is 79.9. The fourth-order valence-corrected chi connectivity index (χ4v) is 4.48. The first-order chi connectivity index (χ1) is 16.1. The zero-order chi connectivity index (χ0) is 24.6. The van der Waals surface area contributed by atoms with E-state index in [-0.39, 0.29) is 6.54 Å². The van der Waals surface area contributed by atoms with E-state index in [1.807, 2.05) is 6.07 Å². The largest absolute Gasteiger partial charge is 0.493 e. The van der Waals surface area contributed by atoms with Gasteiger partial charge in [0.05, 0.1) is 34.8 Å². The molecule has 0 aliphatic carbocycles. The van der Waals surface area contributed by atoms with Gasteiger partial charge in [-0.2, -0.15) is 0 Å². The second-order valence-electron chi connectivity index (χ2n) is 8.72. The fraction of sp³-hybridized carbons (Fsp3) is 0.292. The summed E-state index contributed by atoms with van der Waals surface area (Å²) in [5.74, 6) is -0.0159.